The van der Waals surface area contributed by atoms with E-state index in [1.807, 2.05) is 37.5 Å². The molecule has 0 unspecified atom stereocenters. The Hall–Kier alpha value is -1.95. The molecule has 2 heterocycles. The van der Waals surface area contributed by atoms with Gasteiger partial charge in [-0.2, -0.15) is 0 Å². The number of benzene rings is 1. The molecule has 1 N–H and O–H groups in total. The highest BCUT2D eigenvalue weighted by Gasteiger charge is 2.27. The van der Waals surface area contributed by atoms with Gasteiger partial charge in [0.1, 0.15) is 5.75 Å². The topological polar surface area (TPSA) is 48.8 Å². The third-order valence-electron chi connectivity index (χ3n) is 4.93. The molecule has 2 aromatic rings. The van der Waals surface area contributed by atoms with E-state index in [1.165, 1.54) is 11.1 Å². The summed E-state index contributed by atoms with van der Waals surface area (Å²) in [4.78, 5) is 9.15. The Kier molecular flexibility index (Phi) is 7.00. The standard InChI is InChI=1S/C21H29N3O2/c1-2-26-21-8-4-3-7-19(21)16-24-12-11-23(17-20(24)9-13-25)15-18-6-5-10-22-14-18/h3-8,10,14,20,25H,2,9,11-13,15-17H2,1H3/t20-/m0/s1. The van der Waals surface area contributed by atoms with E-state index in [2.05, 4.69) is 33.0 Å². The maximum atomic E-state index is 9.54. The zero-order chi connectivity index (χ0) is 18.2. The number of hydrogen-bond donors (Lipinski definition) is 1. The second-order valence-electron chi connectivity index (χ2n) is 6.77. The van der Waals surface area contributed by atoms with Gasteiger partial charge in [0.25, 0.3) is 0 Å². The fourth-order valence-corrected chi connectivity index (χ4v) is 3.63. The lowest BCUT2D eigenvalue weighted by molar-refractivity contribution is 0.0493. The predicted octanol–water partition coefficient (Wildman–Crippen LogP) is 2.55. The van der Waals surface area contributed by atoms with Crippen molar-refractivity contribution in [3.8, 4) is 5.75 Å². The SMILES string of the molecule is CCOc1ccccc1CN1CCN(Cc2cccnc2)C[C@@H]1CCO. The number of nitrogens with zero attached hydrogens (tertiary/aromatic N) is 3. The van der Waals surface area contributed by atoms with E-state index in [4.69, 9.17) is 4.74 Å². The monoisotopic (exact) mass is 355 g/mol. The molecule has 0 radical (unpaired) electrons. The lowest BCUT2D eigenvalue weighted by Crippen LogP contribution is -2.52. The van der Waals surface area contributed by atoms with Crippen molar-refractivity contribution in [2.45, 2.75) is 32.5 Å². The average Bonchev–Trinajstić information content (AvgIpc) is 2.66. The van der Waals surface area contributed by atoms with Gasteiger partial charge in [-0.15, -0.1) is 0 Å². The summed E-state index contributed by atoms with van der Waals surface area (Å²) in [6, 6.07) is 12.7. The van der Waals surface area contributed by atoms with Gasteiger partial charge < -0.3 is 9.84 Å². The van der Waals surface area contributed by atoms with Crippen LogP contribution in [-0.2, 0) is 13.1 Å². The zero-order valence-electron chi connectivity index (χ0n) is 15.6. The van der Waals surface area contributed by atoms with E-state index in [-0.39, 0.29) is 6.61 Å². The van der Waals surface area contributed by atoms with Gasteiger partial charge >= 0.3 is 0 Å². The maximum absolute atomic E-state index is 9.54. The minimum Gasteiger partial charge on any atom is -0.494 e. The van der Waals surface area contributed by atoms with Gasteiger partial charge in [-0.25, -0.2) is 0 Å². The molecule has 1 aromatic carbocycles. The summed E-state index contributed by atoms with van der Waals surface area (Å²) in [5.74, 6) is 0.968. The Morgan fingerprint density at radius 3 is 2.81 bits per heavy atom. The highest BCUT2D eigenvalue weighted by Crippen LogP contribution is 2.23. The molecule has 26 heavy (non-hydrogen) atoms. The van der Waals surface area contributed by atoms with Crippen molar-refractivity contribution in [3.63, 3.8) is 0 Å². The minimum atomic E-state index is 0.217. The molecule has 5 heteroatoms. The fourth-order valence-electron chi connectivity index (χ4n) is 3.63. The van der Waals surface area contributed by atoms with Crippen LogP contribution in [0.4, 0.5) is 0 Å². The number of aromatic nitrogens is 1. The first-order valence-corrected chi connectivity index (χ1v) is 9.47. The Labute approximate surface area is 156 Å². The average molecular weight is 355 g/mol. The lowest BCUT2D eigenvalue weighted by Gasteiger charge is -2.41. The first-order valence-electron chi connectivity index (χ1n) is 9.47. The van der Waals surface area contributed by atoms with Gasteiger partial charge in [-0.05, 0) is 31.0 Å². The van der Waals surface area contributed by atoms with Gasteiger partial charge in [0.15, 0.2) is 0 Å². The first-order chi connectivity index (χ1) is 12.8. The van der Waals surface area contributed by atoms with Crippen molar-refractivity contribution >= 4 is 0 Å². The van der Waals surface area contributed by atoms with Crippen LogP contribution >= 0.6 is 0 Å². The smallest absolute Gasteiger partial charge is 0.123 e. The molecule has 1 fully saturated rings. The van der Waals surface area contributed by atoms with E-state index >= 15 is 0 Å². The summed E-state index contributed by atoms with van der Waals surface area (Å²) in [5.41, 5.74) is 2.46. The summed E-state index contributed by atoms with van der Waals surface area (Å²) in [6.07, 6.45) is 4.54. The van der Waals surface area contributed by atoms with Crippen LogP contribution < -0.4 is 4.74 Å². The van der Waals surface area contributed by atoms with E-state index in [0.717, 1.165) is 44.9 Å². The number of piperazine rings is 1. The Morgan fingerprint density at radius 2 is 2.04 bits per heavy atom. The Balaban J connectivity index is 1.65. The fraction of sp³-hybridized carbons (Fsp3) is 0.476. The van der Waals surface area contributed by atoms with E-state index in [1.54, 1.807) is 0 Å². The third kappa shape index (κ3) is 5.04. The molecule has 0 bridgehead atoms. The largest absolute Gasteiger partial charge is 0.494 e. The van der Waals surface area contributed by atoms with Crippen LogP contribution in [0.2, 0.25) is 0 Å². The van der Waals surface area contributed by atoms with Crippen molar-refractivity contribution in [1.29, 1.82) is 0 Å². The molecule has 3 rings (SSSR count). The normalized spacial score (nSPS) is 18.8. The molecule has 0 amide bonds. The van der Waals surface area contributed by atoms with Crippen LogP contribution in [0.5, 0.6) is 5.75 Å². The van der Waals surface area contributed by atoms with Crippen molar-refractivity contribution in [3.05, 3.63) is 59.9 Å². The summed E-state index contributed by atoms with van der Waals surface area (Å²) >= 11 is 0. The molecule has 0 aliphatic carbocycles. The molecule has 1 atom stereocenters. The van der Waals surface area contributed by atoms with Gasteiger partial charge in [0.05, 0.1) is 6.61 Å². The summed E-state index contributed by atoms with van der Waals surface area (Å²) in [6.45, 7) is 7.67. The van der Waals surface area contributed by atoms with Crippen LogP contribution in [0.15, 0.2) is 48.8 Å². The Bertz CT molecular complexity index is 665. The second kappa shape index (κ2) is 9.67. The van der Waals surface area contributed by atoms with Crippen LogP contribution in [0, 0.1) is 0 Å². The van der Waals surface area contributed by atoms with Crippen LogP contribution in [-0.4, -0.2) is 58.8 Å². The lowest BCUT2D eigenvalue weighted by atomic mass is 10.1. The molecule has 1 aliphatic heterocycles. The van der Waals surface area contributed by atoms with Crippen molar-refractivity contribution in [2.24, 2.45) is 0 Å². The second-order valence-corrected chi connectivity index (χ2v) is 6.77. The van der Waals surface area contributed by atoms with Gasteiger partial charge in [-0.1, -0.05) is 24.3 Å². The van der Waals surface area contributed by atoms with E-state index in [0.29, 0.717) is 12.6 Å². The molecule has 1 saturated heterocycles. The molecule has 140 valence electrons. The number of ether oxygens (including phenoxy) is 1. The van der Waals surface area contributed by atoms with Crippen LogP contribution in [0.1, 0.15) is 24.5 Å². The first kappa shape index (κ1) is 18.8. The number of para-hydroxylation sites is 1. The van der Waals surface area contributed by atoms with Crippen LogP contribution in [0.25, 0.3) is 0 Å². The van der Waals surface area contributed by atoms with Gasteiger partial charge in [0.2, 0.25) is 0 Å². The van der Waals surface area contributed by atoms with Gasteiger partial charge in [0, 0.05) is 63.3 Å². The molecular weight excluding hydrogens is 326 g/mol. The third-order valence-corrected chi connectivity index (χ3v) is 4.93. The molecule has 1 aromatic heterocycles. The Morgan fingerprint density at radius 1 is 1.15 bits per heavy atom. The van der Waals surface area contributed by atoms with E-state index in [9.17, 15) is 5.11 Å². The number of rotatable bonds is 8. The molecule has 5 nitrogen and oxygen atoms in total. The molecule has 0 spiro atoms. The molecule has 0 saturated carbocycles. The number of aliphatic hydroxyl groups is 1. The van der Waals surface area contributed by atoms with Gasteiger partial charge in [-0.3, -0.25) is 14.8 Å². The zero-order valence-corrected chi connectivity index (χ0v) is 15.6. The molecular formula is C21H29N3O2. The minimum absolute atomic E-state index is 0.217. The van der Waals surface area contributed by atoms with Crippen LogP contribution in [0.3, 0.4) is 0 Å². The highest BCUT2D eigenvalue weighted by atomic mass is 16.5. The predicted molar refractivity (Wildman–Crippen MR) is 103 cm³/mol. The number of pyridine rings is 1. The van der Waals surface area contributed by atoms with Crippen molar-refractivity contribution < 1.29 is 9.84 Å². The molecule has 1 aliphatic rings. The number of aliphatic hydroxyl groups excluding tert-OH is 1. The summed E-state index contributed by atoms with van der Waals surface area (Å²) in [7, 11) is 0. The van der Waals surface area contributed by atoms with E-state index < -0.39 is 0 Å². The maximum Gasteiger partial charge on any atom is 0.123 e. The summed E-state index contributed by atoms with van der Waals surface area (Å²) < 4.78 is 5.78. The van der Waals surface area contributed by atoms with Crippen molar-refractivity contribution in [2.75, 3.05) is 32.8 Å². The number of hydrogen-bond acceptors (Lipinski definition) is 5. The quantitative estimate of drug-likeness (QED) is 0.789. The highest BCUT2D eigenvalue weighted by molar-refractivity contribution is 5.33. The van der Waals surface area contributed by atoms with Crippen molar-refractivity contribution in [1.82, 2.24) is 14.8 Å². The summed E-state index contributed by atoms with van der Waals surface area (Å²) in [5, 5.41) is 9.54.